The third-order valence-corrected chi connectivity index (χ3v) is 4.50. The van der Waals surface area contributed by atoms with Crippen LogP contribution >= 0.6 is 0 Å². The van der Waals surface area contributed by atoms with E-state index in [9.17, 15) is 4.79 Å². The molecule has 1 atom stereocenters. The second-order valence-corrected chi connectivity index (χ2v) is 5.49. The monoisotopic (exact) mass is 244 g/mol. The SMILES string of the molecule is NCC(=O)c1ccc(C2CN3CCC2CC3)cc1. The molecule has 0 spiro atoms. The van der Waals surface area contributed by atoms with Gasteiger partial charge in [0.1, 0.15) is 0 Å². The number of Topliss-reactive ketones (excluding diaryl/α,β-unsaturated/α-hetero) is 1. The minimum Gasteiger partial charge on any atom is -0.324 e. The first-order valence-electron chi connectivity index (χ1n) is 6.83. The van der Waals surface area contributed by atoms with Crippen molar-refractivity contribution < 1.29 is 4.79 Å². The number of rotatable bonds is 3. The Balaban J connectivity index is 1.79. The van der Waals surface area contributed by atoms with Crippen molar-refractivity contribution in [3.8, 4) is 0 Å². The van der Waals surface area contributed by atoms with Crippen molar-refractivity contribution in [2.45, 2.75) is 18.8 Å². The minimum absolute atomic E-state index is 0.0236. The smallest absolute Gasteiger partial charge is 0.176 e. The number of nitrogens with zero attached hydrogens (tertiary/aromatic N) is 1. The highest BCUT2D eigenvalue weighted by Crippen LogP contribution is 2.38. The van der Waals surface area contributed by atoms with Gasteiger partial charge in [0.25, 0.3) is 0 Å². The number of hydrogen-bond acceptors (Lipinski definition) is 3. The van der Waals surface area contributed by atoms with Crippen molar-refractivity contribution >= 4 is 5.78 Å². The Bertz CT molecular complexity index is 432. The van der Waals surface area contributed by atoms with Gasteiger partial charge in [0.2, 0.25) is 0 Å². The average Bonchev–Trinajstić information content (AvgIpc) is 2.48. The van der Waals surface area contributed by atoms with Crippen LogP contribution in [0.2, 0.25) is 0 Å². The number of ketones is 1. The summed E-state index contributed by atoms with van der Waals surface area (Å²) in [5, 5.41) is 0. The molecule has 0 aliphatic carbocycles. The van der Waals surface area contributed by atoms with E-state index in [0.29, 0.717) is 5.92 Å². The van der Waals surface area contributed by atoms with E-state index in [1.807, 2.05) is 12.1 Å². The molecule has 2 N–H and O–H groups in total. The molecule has 0 saturated carbocycles. The van der Waals surface area contributed by atoms with Crippen LogP contribution in [0, 0.1) is 5.92 Å². The molecular weight excluding hydrogens is 224 g/mol. The number of piperidine rings is 3. The summed E-state index contributed by atoms with van der Waals surface area (Å²) >= 11 is 0. The second-order valence-electron chi connectivity index (χ2n) is 5.49. The van der Waals surface area contributed by atoms with Crippen LogP contribution in [0.1, 0.15) is 34.7 Å². The highest BCUT2D eigenvalue weighted by Gasteiger charge is 2.34. The lowest BCUT2D eigenvalue weighted by molar-refractivity contribution is 0.0871. The van der Waals surface area contributed by atoms with E-state index in [0.717, 1.165) is 11.5 Å². The zero-order valence-electron chi connectivity index (χ0n) is 10.6. The molecule has 3 fully saturated rings. The first-order chi connectivity index (χ1) is 8.78. The van der Waals surface area contributed by atoms with E-state index in [1.165, 1.54) is 38.0 Å². The van der Waals surface area contributed by atoms with Crippen molar-refractivity contribution in [3.05, 3.63) is 35.4 Å². The molecular formula is C15H20N2O. The molecule has 3 heteroatoms. The topological polar surface area (TPSA) is 46.3 Å². The Morgan fingerprint density at radius 1 is 1.22 bits per heavy atom. The van der Waals surface area contributed by atoms with Crippen molar-refractivity contribution in [1.82, 2.24) is 4.90 Å². The molecule has 4 rings (SSSR count). The van der Waals surface area contributed by atoms with Crippen LogP contribution in [-0.2, 0) is 0 Å². The molecule has 1 aromatic carbocycles. The number of carbonyl (C=O) groups is 1. The van der Waals surface area contributed by atoms with Crippen molar-refractivity contribution in [2.24, 2.45) is 11.7 Å². The van der Waals surface area contributed by atoms with Gasteiger partial charge in [0.05, 0.1) is 6.54 Å². The third kappa shape index (κ3) is 2.08. The molecule has 3 aliphatic rings. The Labute approximate surface area is 108 Å². The summed E-state index contributed by atoms with van der Waals surface area (Å²) < 4.78 is 0. The zero-order chi connectivity index (χ0) is 12.5. The van der Waals surface area contributed by atoms with E-state index >= 15 is 0 Å². The van der Waals surface area contributed by atoms with Gasteiger partial charge in [-0.05, 0) is 43.3 Å². The van der Waals surface area contributed by atoms with E-state index in [4.69, 9.17) is 5.73 Å². The summed E-state index contributed by atoms with van der Waals surface area (Å²) in [7, 11) is 0. The van der Waals surface area contributed by atoms with Gasteiger partial charge in [-0.2, -0.15) is 0 Å². The maximum atomic E-state index is 11.5. The molecule has 96 valence electrons. The number of carbonyl (C=O) groups excluding carboxylic acids is 1. The first-order valence-corrected chi connectivity index (χ1v) is 6.83. The summed E-state index contributed by atoms with van der Waals surface area (Å²) in [4.78, 5) is 14.1. The van der Waals surface area contributed by atoms with E-state index in [2.05, 4.69) is 17.0 Å². The molecule has 18 heavy (non-hydrogen) atoms. The average molecular weight is 244 g/mol. The quantitative estimate of drug-likeness (QED) is 0.822. The normalized spacial score (nSPS) is 30.4. The van der Waals surface area contributed by atoms with Crippen LogP contribution in [0.3, 0.4) is 0 Å². The lowest BCUT2D eigenvalue weighted by Crippen LogP contribution is -2.46. The Kier molecular flexibility index (Phi) is 3.18. The fourth-order valence-electron chi connectivity index (χ4n) is 3.38. The fraction of sp³-hybridized carbons (Fsp3) is 0.533. The van der Waals surface area contributed by atoms with Gasteiger partial charge in [0.15, 0.2) is 5.78 Å². The largest absolute Gasteiger partial charge is 0.324 e. The molecule has 0 radical (unpaired) electrons. The van der Waals surface area contributed by atoms with Crippen LogP contribution < -0.4 is 5.73 Å². The van der Waals surface area contributed by atoms with E-state index in [-0.39, 0.29) is 12.3 Å². The van der Waals surface area contributed by atoms with Crippen molar-refractivity contribution in [1.29, 1.82) is 0 Å². The summed E-state index contributed by atoms with van der Waals surface area (Å²) in [6.45, 7) is 3.82. The van der Waals surface area contributed by atoms with Gasteiger partial charge in [-0.3, -0.25) is 4.79 Å². The van der Waals surface area contributed by atoms with Gasteiger partial charge in [-0.1, -0.05) is 24.3 Å². The summed E-state index contributed by atoms with van der Waals surface area (Å²) in [6, 6.07) is 8.11. The van der Waals surface area contributed by atoms with Gasteiger partial charge in [-0.25, -0.2) is 0 Å². The van der Waals surface area contributed by atoms with Crippen molar-refractivity contribution in [2.75, 3.05) is 26.2 Å². The second kappa shape index (κ2) is 4.82. The Hall–Kier alpha value is -1.19. The lowest BCUT2D eigenvalue weighted by atomic mass is 9.75. The third-order valence-electron chi connectivity index (χ3n) is 4.50. The predicted octanol–water partition coefficient (Wildman–Crippen LogP) is 1.64. The molecule has 1 aromatic rings. The van der Waals surface area contributed by atoms with Gasteiger partial charge in [0, 0.05) is 12.1 Å². The Morgan fingerprint density at radius 2 is 1.89 bits per heavy atom. The number of nitrogens with two attached hydrogens (primary N) is 1. The first kappa shape index (κ1) is 11.9. The summed E-state index contributed by atoms with van der Waals surface area (Å²) in [6.07, 6.45) is 2.66. The standard InChI is InChI=1S/C15H20N2O/c16-9-15(18)13-3-1-11(2-4-13)14-10-17-7-5-12(14)6-8-17/h1-4,12,14H,5-10,16H2. The van der Waals surface area contributed by atoms with Crippen LogP contribution in [0.4, 0.5) is 0 Å². The molecule has 1 unspecified atom stereocenters. The number of fused-ring (bicyclic) bond motifs is 3. The van der Waals surface area contributed by atoms with E-state index in [1.54, 1.807) is 0 Å². The maximum Gasteiger partial charge on any atom is 0.176 e. The number of hydrogen-bond donors (Lipinski definition) is 1. The highest BCUT2D eigenvalue weighted by molar-refractivity contribution is 5.97. The van der Waals surface area contributed by atoms with Crippen LogP contribution in [0.15, 0.2) is 24.3 Å². The van der Waals surface area contributed by atoms with Gasteiger partial charge < -0.3 is 10.6 Å². The molecule has 3 aliphatic heterocycles. The highest BCUT2D eigenvalue weighted by atomic mass is 16.1. The summed E-state index contributed by atoms with van der Waals surface area (Å²) in [5.74, 6) is 1.52. The zero-order valence-corrected chi connectivity index (χ0v) is 10.6. The molecule has 3 heterocycles. The van der Waals surface area contributed by atoms with E-state index < -0.39 is 0 Å². The van der Waals surface area contributed by atoms with Gasteiger partial charge >= 0.3 is 0 Å². The molecule has 0 aromatic heterocycles. The fourth-order valence-corrected chi connectivity index (χ4v) is 3.38. The predicted molar refractivity (Wildman–Crippen MR) is 71.7 cm³/mol. The Morgan fingerprint density at radius 3 is 2.39 bits per heavy atom. The molecule has 2 bridgehead atoms. The molecule has 0 amide bonds. The minimum atomic E-state index is 0.0236. The van der Waals surface area contributed by atoms with Crippen LogP contribution in [0.25, 0.3) is 0 Å². The molecule has 3 nitrogen and oxygen atoms in total. The van der Waals surface area contributed by atoms with Crippen molar-refractivity contribution in [3.63, 3.8) is 0 Å². The van der Waals surface area contributed by atoms with Crippen LogP contribution in [-0.4, -0.2) is 36.9 Å². The lowest BCUT2D eigenvalue weighted by Gasteiger charge is -2.45. The van der Waals surface area contributed by atoms with Gasteiger partial charge in [-0.15, -0.1) is 0 Å². The maximum absolute atomic E-state index is 11.5. The number of benzene rings is 1. The van der Waals surface area contributed by atoms with Crippen LogP contribution in [0.5, 0.6) is 0 Å². The summed E-state index contributed by atoms with van der Waals surface area (Å²) in [5.41, 5.74) is 7.50. The molecule has 3 saturated heterocycles.